The molecule has 0 radical (unpaired) electrons. The standard InChI is InChI=1S/C24H26F3N5O2/c1-30-8-2-3-21(30)23(34)32-13-18(19(14-32)22(29)33)15-6-9-31(10-7-15)17-5-4-16(12-28)20(11-17)24(25,26)27/h2-5,8,11,15,18-19H,6-7,9-10,13-14H2,1H3,(H2,29,33)/t18-,19+/m0/s1. The van der Waals surface area contributed by atoms with Crippen LogP contribution < -0.4 is 10.6 Å². The van der Waals surface area contributed by atoms with Crippen LogP contribution in [0.15, 0.2) is 36.5 Å². The third kappa shape index (κ3) is 4.47. The number of hydrogen-bond acceptors (Lipinski definition) is 4. The quantitative estimate of drug-likeness (QED) is 0.739. The van der Waals surface area contributed by atoms with Crippen LogP contribution in [0.3, 0.4) is 0 Å². The number of likely N-dealkylation sites (tertiary alicyclic amines) is 1. The Morgan fingerprint density at radius 3 is 2.41 bits per heavy atom. The molecule has 7 nitrogen and oxygen atoms in total. The molecule has 2 aliphatic rings. The highest BCUT2D eigenvalue weighted by molar-refractivity contribution is 5.93. The molecule has 2 amide bonds. The minimum absolute atomic E-state index is 0.0874. The van der Waals surface area contributed by atoms with Gasteiger partial charge >= 0.3 is 6.18 Å². The first-order valence-corrected chi connectivity index (χ1v) is 11.2. The minimum Gasteiger partial charge on any atom is -0.372 e. The maximum atomic E-state index is 13.3. The monoisotopic (exact) mass is 473 g/mol. The highest BCUT2D eigenvalue weighted by atomic mass is 19.4. The van der Waals surface area contributed by atoms with Crippen molar-refractivity contribution in [3.63, 3.8) is 0 Å². The van der Waals surface area contributed by atoms with Crippen molar-refractivity contribution in [1.29, 1.82) is 5.26 Å². The fourth-order valence-electron chi connectivity index (χ4n) is 5.27. The molecule has 0 saturated carbocycles. The van der Waals surface area contributed by atoms with Gasteiger partial charge in [0.1, 0.15) is 5.69 Å². The summed E-state index contributed by atoms with van der Waals surface area (Å²) < 4.78 is 41.8. The van der Waals surface area contributed by atoms with Gasteiger partial charge in [-0.05, 0) is 55.0 Å². The molecular formula is C24H26F3N5O2. The lowest BCUT2D eigenvalue weighted by Crippen LogP contribution is -2.40. The highest BCUT2D eigenvalue weighted by Gasteiger charge is 2.44. The van der Waals surface area contributed by atoms with E-state index in [9.17, 15) is 22.8 Å². The van der Waals surface area contributed by atoms with Crippen molar-refractivity contribution in [3.8, 4) is 6.07 Å². The summed E-state index contributed by atoms with van der Waals surface area (Å²) in [4.78, 5) is 28.7. The number of halogens is 3. The van der Waals surface area contributed by atoms with Gasteiger partial charge in [0, 0.05) is 45.1 Å². The number of nitriles is 1. The second kappa shape index (κ2) is 9.05. The summed E-state index contributed by atoms with van der Waals surface area (Å²) in [7, 11) is 1.79. The normalized spacial score (nSPS) is 21.5. The number of nitrogens with zero attached hydrogens (tertiary/aromatic N) is 4. The lowest BCUT2D eigenvalue weighted by atomic mass is 9.78. The van der Waals surface area contributed by atoms with Gasteiger partial charge in [0.05, 0.1) is 23.1 Å². The molecule has 2 aliphatic heterocycles. The number of nitrogens with two attached hydrogens (primary N) is 1. The maximum Gasteiger partial charge on any atom is 0.417 e. The molecule has 2 fully saturated rings. The number of anilines is 1. The fraction of sp³-hybridized carbons (Fsp3) is 0.458. The van der Waals surface area contributed by atoms with Crippen LogP contribution in [-0.2, 0) is 18.0 Å². The SMILES string of the molecule is Cn1cccc1C(=O)N1C[C@@H](C(N)=O)[C@H](C2CCN(c3ccc(C#N)c(C(F)(F)F)c3)CC2)C1. The molecule has 34 heavy (non-hydrogen) atoms. The molecule has 0 unspecified atom stereocenters. The Morgan fingerprint density at radius 1 is 1.15 bits per heavy atom. The Morgan fingerprint density at radius 2 is 1.85 bits per heavy atom. The molecule has 10 heteroatoms. The first-order chi connectivity index (χ1) is 16.1. The number of hydrogen-bond donors (Lipinski definition) is 1. The zero-order valence-corrected chi connectivity index (χ0v) is 18.8. The molecule has 4 rings (SSSR count). The molecule has 2 saturated heterocycles. The number of benzene rings is 1. The van der Waals surface area contributed by atoms with Crippen molar-refractivity contribution in [2.75, 3.05) is 31.1 Å². The van der Waals surface area contributed by atoms with Crippen LogP contribution >= 0.6 is 0 Å². The molecular weight excluding hydrogens is 447 g/mol. The van der Waals surface area contributed by atoms with E-state index >= 15 is 0 Å². The van der Waals surface area contributed by atoms with Crippen LogP contribution in [0.2, 0.25) is 0 Å². The second-order valence-corrected chi connectivity index (χ2v) is 9.05. The number of carbonyl (C=O) groups is 2. The molecule has 1 aromatic heterocycles. The summed E-state index contributed by atoms with van der Waals surface area (Å²) in [6.45, 7) is 1.73. The zero-order chi connectivity index (χ0) is 24.6. The molecule has 0 aliphatic carbocycles. The third-order valence-corrected chi connectivity index (χ3v) is 7.12. The van der Waals surface area contributed by atoms with Crippen LogP contribution in [0, 0.1) is 29.1 Å². The Kier molecular flexibility index (Phi) is 6.30. The van der Waals surface area contributed by atoms with Crippen molar-refractivity contribution < 1.29 is 22.8 Å². The van der Waals surface area contributed by atoms with Gasteiger partial charge in [-0.25, -0.2) is 0 Å². The summed E-state index contributed by atoms with van der Waals surface area (Å²) in [6.07, 6.45) is -1.48. The number of piperidine rings is 1. The molecule has 180 valence electrons. The van der Waals surface area contributed by atoms with Gasteiger partial charge in [-0.3, -0.25) is 9.59 Å². The summed E-state index contributed by atoms with van der Waals surface area (Å²) in [5.41, 5.74) is 5.31. The van der Waals surface area contributed by atoms with Crippen molar-refractivity contribution in [2.24, 2.45) is 30.5 Å². The van der Waals surface area contributed by atoms with Gasteiger partial charge in [-0.1, -0.05) is 0 Å². The van der Waals surface area contributed by atoms with Crippen LogP contribution in [-0.4, -0.2) is 47.5 Å². The van der Waals surface area contributed by atoms with E-state index in [1.807, 2.05) is 4.90 Å². The average molecular weight is 473 g/mol. The van der Waals surface area contributed by atoms with Crippen LogP contribution in [0.1, 0.15) is 34.5 Å². The summed E-state index contributed by atoms with van der Waals surface area (Å²) in [6, 6.07) is 8.90. The molecule has 2 aromatic rings. The zero-order valence-electron chi connectivity index (χ0n) is 18.8. The fourth-order valence-corrected chi connectivity index (χ4v) is 5.27. The predicted octanol–water partition coefficient (Wildman–Crippen LogP) is 3.01. The summed E-state index contributed by atoms with van der Waals surface area (Å²) >= 11 is 0. The van der Waals surface area contributed by atoms with Crippen LogP contribution in [0.25, 0.3) is 0 Å². The van der Waals surface area contributed by atoms with E-state index in [0.29, 0.717) is 43.9 Å². The number of alkyl halides is 3. The van der Waals surface area contributed by atoms with Crippen molar-refractivity contribution >= 4 is 17.5 Å². The van der Waals surface area contributed by atoms with Crippen LogP contribution in [0.4, 0.5) is 18.9 Å². The molecule has 2 atom stereocenters. The first kappa shape index (κ1) is 23.7. The lowest BCUT2D eigenvalue weighted by molar-refractivity contribution is -0.137. The van der Waals surface area contributed by atoms with E-state index in [-0.39, 0.29) is 24.3 Å². The van der Waals surface area contributed by atoms with E-state index in [4.69, 9.17) is 11.0 Å². The summed E-state index contributed by atoms with van der Waals surface area (Å²) in [5.74, 6) is -0.990. The predicted molar refractivity (Wildman–Crippen MR) is 119 cm³/mol. The molecule has 0 spiro atoms. The van der Waals surface area contributed by atoms with Gasteiger partial charge < -0.3 is 20.1 Å². The average Bonchev–Trinajstić information content (AvgIpc) is 3.44. The number of aromatic nitrogens is 1. The Labute approximate surface area is 195 Å². The third-order valence-electron chi connectivity index (χ3n) is 7.12. The minimum atomic E-state index is -4.60. The van der Waals surface area contributed by atoms with E-state index in [2.05, 4.69) is 0 Å². The Hall–Kier alpha value is -3.48. The molecule has 3 heterocycles. The molecule has 1 aromatic carbocycles. The maximum absolute atomic E-state index is 13.3. The smallest absolute Gasteiger partial charge is 0.372 e. The van der Waals surface area contributed by atoms with Crippen molar-refractivity contribution in [2.45, 2.75) is 19.0 Å². The molecule has 2 N–H and O–H groups in total. The number of primary amides is 1. The topological polar surface area (TPSA) is 95.4 Å². The number of aryl methyl sites for hydroxylation is 1. The lowest BCUT2D eigenvalue weighted by Gasteiger charge is -2.37. The van der Waals surface area contributed by atoms with Crippen LogP contribution in [0.5, 0.6) is 0 Å². The van der Waals surface area contributed by atoms with Gasteiger partial charge in [0.2, 0.25) is 5.91 Å². The van der Waals surface area contributed by atoms with E-state index in [1.165, 1.54) is 12.1 Å². The Balaban J connectivity index is 1.46. The van der Waals surface area contributed by atoms with Gasteiger partial charge in [-0.2, -0.15) is 18.4 Å². The van der Waals surface area contributed by atoms with E-state index in [0.717, 1.165) is 6.07 Å². The number of amides is 2. The Bertz CT molecular complexity index is 1130. The van der Waals surface area contributed by atoms with Gasteiger partial charge in [-0.15, -0.1) is 0 Å². The largest absolute Gasteiger partial charge is 0.417 e. The first-order valence-electron chi connectivity index (χ1n) is 11.2. The van der Waals surface area contributed by atoms with Crippen molar-refractivity contribution in [1.82, 2.24) is 9.47 Å². The van der Waals surface area contributed by atoms with Crippen molar-refractivity contribution in [3.05, 3.63) is 53.3 Å². The summed E-state index contributed by atoms with van der Waals surface area (Å²) in [5, 5.41) is 9.01. The number of rotatable bonds is 4. The van der Waals surface area contributed by atoms with Gasteiger partial charge in [0.25, 0.3) is 5.91 Å². The van der Waals surface area contributed by atoms with E-state index < -0.39 is 29.1 Å². The van der Waals surface area contributed by atoms with E-state index in [1.54, 1.807) is 40.9 Å². The second-order valence-electron chi connectivity index (χ2n) is 9.05. The number of carbonyl (C=O) groups excluding carboxylic acids is 2. The molecule has 0 bridgehead atoms. The highest BCUT2D eigenvalue weighted by Crippen LogP contribution is 2.39. The van der Waals surface area contributed by atoms with Gasteiger partial charge in [0.15, 0.2) is 0 Å².